The maximum absolute atomic E-state index is 12.3. The highest BCUT2D eigenvalue weighted by Crippen LogP contribution is 2.31. The molecule has 1 rings (SSSR count). The van der Waals surface area contributed by atoms with E-state index in [1.165, 1.54) is 12.1 Å². The summed E-state index contributed by atoms with van der Waals surface area (Å²) in [5, 5.41) is 10.5. The van der Waals surface area contributed by atoms with Crippen molar-refractivity contribution in [2.75, 3.05) is 6.67 Å². The van der Waals surface area contributed by atoms with E-state index in [9.17, 15) is 14.5 Å². The van der Waals surface area contributed by atoms with Crippen LogP contribution >= 0.6 is 11.6 Å². The largest absolute Gasteiger partial charge is 0.288 e. The van der Waals surface area contributed by atoms with Gasteiger partial charge in [-0.15, -0.1) is 0 Å². The third-order valence-corrected chi connectivity index (χ3v) is 2.23. The molecular weight excluding hydrogens is 209 g/mol. The molecule has 0 spiro atoms. The number of rotatable bonds is 3. The minimum atomic E-state index is -0.666. The summed E-state index contributed by atoms with van der Waals surface area (Å²) in [6.45, 7) is 0.881. The van der Waals surface area contributed by atoms with Crippen molar-refractivity contribution >= 4 is 17.3 Å². The van der Waals surface area contributed by atoms with Gasteiger partial charge in [0.25, 0.3) is 5.69 Å². The first kappa shape index (κ1) is 10.9. The first-order valence-corrected chi connectivity index (χ1v) is 4.27. The summed E-state index contributed by atoms with van der Waals surface area (Å²) >= 11 is 5.75. The fourth-order valence-electron chi connectivity index (χ4n) is 1.06. The van der Waals surface area contributed by atoms with Gasteiger partial charge in [0, 0.05) is 12.0 Å². The monoisotopic (exact) mass is 216 g/mol. The lowest BCUT2D eigenvalue weighted by Crippen LogP contribution is -2.00. The number of nitro groups is 1. The summed E-state index contributed by atoms with van der Waals surface area (Å²) in [6.07, 6.45) is 0. The minimum absolute atomic E-state index is 0.00681. The molecular formula is C9H8ClFNO2. The molecule has 0 aliphatic carbocycles. The van der Waals surface area contributed by atoms with E-state index in [0.717, 1.165) is 0 Å². The molecule has 3 nitrogen and oxygen atoms in total. The first-order chi connectivity index (χ1) is 6.57. The molecule has 0 atom stereocenters. The maximum Gasteiger partial charge on any atom is 0.288 e. The molecule has 1 aromatic rings. The molecule has 0 saturated carbocycles. The zero-order valence-electron chi connectivity index (χ0n) is 7.46. The zero-order chi connectivity index (χ0) is 10.7. The van der Waals surface area contributed by atoms with Crippen molar-refractivity contribution in [2.45, 2.75) is 6.92 Å². The van der Waals surface area contributed by atoms with Gasteiger partial charge in [-0.3, -0.25) is 14.5 Å². The Kier molecular flexibility index (Phi) is 3.41. The van der Waals surface area contributed by atoms with E-state index >= 15 is 0 Å². The van der Waals surface area contributed by atoms with E-state index in [4.69, 9.17) is 11.6 Å². The number of halogens is 2. The van der Waals surface area contributed by atoms with Crippen LogP contribution in [0.2, 0.25) is 5.02 Å². The average Bonchev–Trinajstić information content (AvgIpc) is 2.16. The Bertz CT molecular complexity index is 357. The van der Waals surface area contributed by atoms with E-state index in [0.29, 0.717) is 11.5 Å². The van der Waals surface area contributed by atoms with E-state index in [-0.39, 0.29) is 10.7 Å². The topological polar surface area (TPSA) is 43.1 Å². The van der Waals surface area contributed by atoms with Crippen LogP contribution in [-0.4, -0.2) is 11.6 Å². The van der Waals surface area contributed by atoms with Crippen LogP contribution in [0.4, 0.5) is 10.1 Å². The molecule has 0 amide bonds. The molecule has 1 aromatic carbocycles. The summed E-state index contributed by atoms with van der Waals surface area (Å²) in [5.41, 5.74) is 0.195. The van der Waals surface area contributed by atoms with Gasteiger partial charge in [-0.1, -0.05) is 30.7 Å². The Morgan fingerprint density at radius 2 is 2.29 bits per heavy atom. The molecule has 0 heterocycles. The number of nitrogens with zero attached hydrogens (tertiary/aromatic N) is 1. The van der Waals surface area contributed by atoms with Crippen LogP contribution in [0.1, 0.15) is 12.5 Å². The molecule has 0 fully saturated rings. The van der Waals surface area contributed by atoms with Gasteiger partial charge in [0.15, 0.2) is 0 Å². The SMILES string of the molecule is C[C](CF)c1cccc([N+](=O)[O-])c1Cl. The highest BCUT2D eigenvalue weighted by Gasteiger charge is 2.18. The van der Waals surface area contributed by atoms with Crippen molar-refractivity contribution in [3.8, 4) is 0 Å². The number of benzene rings is 1. The van der Waals surface area contributed by atoms with E-state index in [2.05, 4.69) is 0 Å². The molecule has 0 aliphatic heterocycles. The maximum atomic E-state index is 12.3. The summed E-state index contributed by atoms with van der Waals surface area (Å²) < 4.78 is 12.3. The quantitative estimate of drug-likeness (QED) is 0.575. The van der Waals surface area contributed by atoms with Gasteiger partial charge in [-0.05, 0) is 5.56 Å². The minimum Gasteiger partial charge on any atom is -0.258 e. The van der Waals surface area contributed by atoms with Gasteiger partial charge in [0.05, 0.1) is 11.6 Å². The second-order valence-electron chi connectivity index (χ2n) is 2.81. The van der Waals surface area contributed by atoms with Crippen LogP contribution in [0.3, 0.4) is 0 Å². The Morgan fingerprint density at radius 1 is 1.64 bits per heavy atom. The normalized spacial score (nSPS) is 10.6. The summed E-state index contributed by atoms with van der Waals surface area (Å²) in [7, 11) is 0. The van der Waals surface area contributed by atoms with Crippen molar-refractivity contribution in [1.82, 2.24) is 0 Å². The molecule has 75 valence electrons. The number of nitro benzene ring substituents is 1. The fraction of sp³-hybridized carbons (Fsp3) is 0.222. The third kappa shape index (κ3) is 2.01. The van der Waals surface area contributed by atoms with Crippen LogP contribution in [0.15, 0.2) is 18.2 Å². The predicted molar refractivity (Wildman–Crippen MR) is 52.1 cm³/mol. The summed E-state index contributed by atoms with van der Waals surface area (Å²) in [6, 6.07) is 4.33. The molecule has 0 unspecified atom stereocenters. The standard InChI is InChI=1S/C9H8ClFNO2/c1-6(5-11)7-3-2-4-8(9(7)10)12(13)14/h2-4H,5H2,1H3. The molecule has 0 saturated heterocycles. The third-order valence-electron chi connectivity index (χ3n) is 1.84. The lowest BCUT2D eigenvalue weighted by Gasteiger charge is -2.08. The fourth-order valence-corrected chi connectivity index (χ4v) is 1.42. The lowest BCUT2D eigenvalue weighted by atomic mass is 10.0. The molecule has 0 aliphatic rings. The molecule has 1 radical (unpaired) electrons. The van der Waals surface area contributed by atoms with Crippen LogP contribution in [-0.2, 0) is 0 Å². The summed E-state index contributed by atoms with van der Waals surface area (Å²) in [4.78, 5) is 9.92. The lowest BCUT2D eigenvalue weighted by molar-refractivity contribution is -0.384. The molecule has 14 heavy (non-hydrogen) atoms. The Balaban J connectivity index is 3.20. The second-order valence-corrected chi connectivity index (χ2v) is 3.19. The Labute approximate surface area is 85.6 Å². The Hall–Kier alpha value is -1.16. The number of hydrogen-bond acceptors (Lipinski definition) is 2. The Morgan fingerprint density at radius 3 is 2.79 bits per heavy atom. The van der Waals surface area contributed by atoms with Gasteiger partial charge in [-0.25, -0.2) is 0 Å². The van der Waals surface area contributed by atoms with Gasteiger partial charge in [-0.2, -0.15) is 0 Å². The van der Waals surface area contributed by atoms with Gasteiger partial charge < -0.3 is 0 Å². The smallest absolute Gasteiger partial charge is 0.258 e. The first-order valence-electron chi connectivity index (χ1n) is 3.89. The average molecular weight is 217 g/mol. The van der Waals surface area contributed by atoms with Crippen molar-refractivity contribution in [1.29, 1.82) is 0 Å². The van der Waals surface area contributed by atoms with Crippen LogP contribution < -0.4 is 0 Å². The summed E-state index contributed by atoms with van der Waals surface area (Å²) in [5.74, 6) is 0.388. The number of alkyl halides is 1. The van der Waals surface area contributed by atoms with Crippen molar-refractivity contribution in [2.24, 2.45) is 0 Å². The zero-order valence-corrected chi connectivity index (χ0v) is 8.21. The van der Waals surface area contributed by atoms with Gasteiger partial charge >= 0.3 is 0 Å². The van der Waals surface area contributed by atoms with Crippen molar-refractivity contribution < 1.29 is 9.31 Å². The highest BCUT2D eigenvalue weighted by atomic mass is 35.5. The van der Waals surface area contributed by atoms with Gasteiger partial charge in [0.1, 0.15) is 5.02 Å². The van der Waals surface area contributed by atoms with E-state index in [1.807, 2.05) is 0 Å². The van der Waals surface area contributed by atoms with E-state index < -0.39 is 11.6 Å². The van der Waals surface area contributed by atoms with E-state index in [1.54, 1.807) is 13.0 Å². The van der Waals surface area contributed by atoms with Crippen LogP contribution in [0.5, 0.6) is 0 Å². The van der Waals surface area contributed by atoms with Crippen molar-refractivity contribution in [3.05, 3.63) is 44.8 Å². The molecule has 0 N–H and O–H groups in total. The molecule has 5 heteroatoms. The second kappa shape index (κ2) is 4.37. The van der Waals surface area contributed by atoms with Crippen LogP contribution in [0, 0.1) is 16.0 Å². The van der Waals surface area contributed by atoms with Crippen LogP contribution in [0.25, 0.3) is 0 Å². The van der Waals surface area contributed by atoms with Gasteiger partial charge in [0.2, 0.25) is 0 Å². The highest BCUT2D eigenvalue weighted by molar-refractivity contribution is 6.33. The molecule has 0 aromatic heterocycles. The predicted octanol–water partition coefficient (Wildman–Crippen LogP) is 3.16. The molecule has 0 bridgehead atoms. The number of hydrogen-bond donors (Lipinski definition) is 0. The van der Waals surface area contributed by atoms with Crippen molar-refractivity contribution in [3.63, 3.8) is 0 Å².